The molecule has 1 aromatic heterocycles. The number of aromatic nitrogens is 1. The topological polar surface area (TPSA) is 67.7 Å². The number of hydrogen-bond acceptors (Lipinski definition) is 4. The highest BCUT2D eigenvalue weighted by molar-refractivity contribution is 7.80. The number of allylic oxidation sites excluding steroid dienone is 1. The molecule has 122 valence electrons. The number of ether oxygens (including phenoxy) is 1. The number of rotatable bonds is 4. The molecule has 2 aliphatic carbocycles. The van der Waals surface area contributed by atoms with Gasteiger partial charge in [-0.25, -0.2) is 4.79 Å². The monoisotopic (exact) mass is 332 g/mol. The molecule has 2 aliphatic rings. The Morgan fingerprint density at radius 3 is 2.96 bits per heavy atom. The number of esters is 1. The summed E-state index contributed by atoms with van der Waals surface area (Å²) in [6, 6.07) is 2.12. The number of nitrogens with zero attached hydrogens (tertiary/aromatic N) is 2. The lowest BCUT2D eigenvalue weighted by molar-refractivity contribution is 0.0590. The number of carbonyl (C=O) groups excluding carboxylic acids is 1. The molecule has 0 aromatic carbocycles. The van der Waals surface area contributed by atoms with Gasteiger partial charge in [0.2, 0.25) is 0 Å². The van der Waals surface area contributed by atoms with E-state index in [1.807, 2.05) is 0 Å². The second-order valence-electron chi connectivity index (χ2n) is 5.99. The first-order valence-corrected chi connectivity index (χ1v) is 8.00. The van der Waals surface area contributed by atoms with Gasteiger partial charge < -0.3 is 14.6 Å². The van der Waals surface area contributed by atoms with Crippen molar-refractivity contribution in [3.8, 4) is 0 Å². The summed E-state index contributed by atoms with van der Waals surface area (Å²) in [5.41, 5.74) is 4.10. The van der Waals surface area contributed by atoms with Crippen molar-refractivity contribution in [2.24, 2.45) is 24.0 Å². The Kier molecular flexibility index (Phi) is 4.47. The summed E-state index contributed by atoms with van der Waals surface area (Å²) < 4.78 is 6.42. The molecule has 3 unspecified atom stereocenters. The van der Waals surface area contributed by atoms with Crippen molar-refractivity contribution >= 4 is 29.5 Å². The molecule has 6 nitrogen and oxygen atoms in total. The zero-order chi connectivity index (χ0) is 16.4. The third kappa shape index (κ3) is 3.44. The first-order chi connectivity index (χ1) is 11.1. The zero-order valence-corrected chi connectivity index (χ0v) is 14.0. The van der Waals surface area contributed by atoms with E-state index in [1.165, 1.54) is 13.5 Å². The summed E-state index contributed by atoms with van der Waals surface area (Å²) in [6.07, 6.45) is 10.4. The van der Waals surface area contributed by atoms with E-state index < -0.39 is 0 Å². The third-order valence-corrected chi connectivity index (χ3v) is 4.60. The maximum absolute atomic E-state index is 11.5. The molecule has 0 amide bonds. The summed E-state index contributed by atoms with van der Waals surface area (Å²) >= 11 is 5.27. The number of aryl methyl sites for hydroxylation is 1. The van der Waals surface area contributed by atoms with Crippen LogP contribution < -0.4 is 10.7 Å². The lowest BCUT2D eigenvalue weighted by Crippen LogP contribution is -2.42. The fourth-order valence-corrected chi connectivity index (χ4v) is 3.49. The highest BCUT2D eigenvalue weighted by Crippen LogP contribution is 2.38. The van der Waals surface area contributed by atoms with Crippen molar-refractivity contribution in [1.82, 2.24) is 15.3 Å². The minimum absolute atomic E-state index is 0.373. The maximum Gasteiger partial charge on any atom is 0.354 e. The van der Waals surface area contributed by atoms with Gasteiger partial charge in [-0.3, -0.25) is 5.43 Å². The van der Waals surface area contributed by atoms with Crippen LogP contribution in [0.2, 0.25) is 0 Å². The molecular formula is C16H20N4O2S. The van der Waals surface area contributed by atoms with E-state index in [2.05, 4.69) is 28.0 Å². The van der Waals surface area contributed by atoms with Crippen LogP contribution in [0.4, 0.5) is 0 Å². The van der Waals surface area contributed by atoms with Gasteiger partial charge in [-0.2, -0.15) is 5.10 Å². The summed E-state index contributed by atoms with van der Waals surface area (Å²) in [6.45, 7) is 0. The van der Waals surface area contributed by atoms with Crippen LogP contribution in [0.15, 0.2) is 29.5 Å². The Morgan fingerprint density at radius 1 is 1.48 bits per heavy atom. The average molecular weight is 332 g/mol. The largest absolute Gasteiger partial charge is 0.464 e. The van der Waals surface area contributed by atoms with Crippen molar-refractivity contribution in [1.29, 1.82) is 0 Å². The first kappa shape index (κ1) is 15.7. The molecule has 0 radical (unpaired) electrons. The van der Waals surface area contributed by atoms with Crippen LogP contribution in [0.1, 0.15) is 28.9 Å². The van der Waals surface area contributed by atoms with Gasteiger partial charge in [0, 0.05) is 24.8 Å². The van der Waals surface area contributed by atoms with Gasteiger partial charge >= 0.3 is 5.97 Å². The van der Waals surface area contributed by atoms with Crippen LogP contribution in [0, 0.1) is 11.8 Å². The SMILES string of the molecule is COC(=O)c1cc(C=NNC(=S)NC2CC3C=CC2C3)cn1C. The molecule has 0 saturated heterocycles. The van der Waals surface area contributed by atoms with Crippen LogP contribution in [0.5, 0.6) is 0 Å². The van der Waals surface area contributed by atoms with Crippen molar-refractivity contribution in [2.45, 2.75) is 18.9 Å². The fraction of sp³-hybridized carbons (Fsp3) is 0.438. The van der Waals surface area contributed by atoms with Gasteiger partial charge in [-0.05, 0) is 43.0 Å². The smallest absolute Gasteiger partial charge is 0.354 e. The summed E-state index contributed by atoms with van der Waals surface area (Å²) in [5, 5.41) is 7.96. The Balaban J connectivity index is 1.51. The predicted molar refractivity (Wildman–Crippen MR) is 92.4 cm³/mol. The van der Waals surface area contributed by atoms with E-state index >= 15 is 0 Å². The number of carbonyl (C=O) groups is 1. The fourth-order valence-electron chi connectivity index (χ4n) is 3.28. The zero-order valence-electron chi connectivity index (χ0n) is 13.2. The van der Waals surface area contributed by atoms with E-state index in [0.717, 1.165) is 12.0 Å². The third-order valence-electron chi connectivity index (χ3n) is 4.40. The lowest BCUT2D eigenvalue weighted by Gasteiger charge is -2.20. The van der Waals surface area contributed by atoms with E-state index in [4.69, 9.17) is 17.0 Å². The molecule has 1 aromatic rings. The van der Waals surface area contributed by atoms with Crippen LogP contribution in [-0.2, 0) is 11.8 Å². The standard InChI is InChI=1S/C16H20N4O2S/c1-20-9-11(7-14(20)15(21)22-2)8-17-19-16(23)18-13-6-10-3-4-12(13)5-10/h3-4,7-10,12-13H,5-6H2,1-2H3,(H2,18,19,23). The number of hydrazone groups is 1. The Bertz CT molecular complexity index is 680. The molecule has 3 atom stereocenters. The molecule has 0 spiro atoms. The first-order valence-electron chi connectivity index (χ1n) is 7.59. The summed E-state index contributed by atoms with van der Waals surface area (Å²) in [5.74, 6) is 0.909. The number of nitrogens with one attached hydrogen (secondary N) is 2. The molecular weight excluding hydrogens is 312 g/mol. The molecule has 1 heterocycles. The van der Waals surface area contributed by atoms with Gasteiger partial charge in [0.25, 0.3) is 0 Å². The van der Waals surface area contributed by atoms with Crippen LogP contribution >= 0.6 is 12.2 Å². The lowest BCUT2D eigenvalue weighted by atomic mass is 10.0. The Morgan fingerprint density at radius 2 is 2.30 bits per heavy atom. The van der Waals surface area contributed by atoms with Crippen LogP contribution in [0.25, 0.3) is 0 Å². The summed E-state index contributed by atoms with van der Waals surface area (Å²) in [7, 11) is 3.14. The van der Waals surface area contributed by atoms with Crippen LogP contribution in [-0.4, -0.2) is 35.0 Å². The van der Waals surface area contributed by atoms with Gasteiger partial charge in [0.05, 0.1) is 13.3 Å². The van der Waals surface area contributed by atoms with Crippen molar-refractivity contribution < 1.29 is 9.53 Å². The van der Waals surface area contributed by atoms with Gasteiger partial charge in [-0.1, -0.05) is 12.2 Å². The quantitative estimate of drug-likeness (QED) is 0.288. The number of fused-ring (bicyclic) bond motifs is 2. The highest BCUT2D eigenvalue weighted by Gasteiger charge is 2.35. The number of hydrogen-bond donors (Lipinski definition) is 2. The number of thiocarbonyl (C=S) groups is 1. The molecule has 2 bridgehead atoms. The van der Waals surface area contributed by atoms with Gasteiger partial charge in [-0.15, -0.1) is 0 Å². The average Bonchev–Trinajstić information content (AvgIpc) is 3.22. The molecule has 7 heteroatoms. The summed E-state index contributed by atoms with van der Waals surface area (Å²) in [4.78, 5) is 11.5. The number of methoxy groups -OCH3 is 1. The van der Waals surface area contributed by atoms with Crippen molar-refractivity contribution in [3.05, 3.63) is 35.7 Å². The Labute approximate surface area is 140 Å². The second kappa shape index (κ2) is 6.54. The normalized spacial score (nSPS) is 25.0. The molecule has 1 fully saturated rings. The van der Waals surface area contributed by atoms with E-state index in [9.17, 15) is 4.79 Å². The van der Waals surface area contributed by atoms with E-state index in [1.54, 1.807) is 30.1 Å². The molecule has 1 saturated carbocycles. The molecule has 3 rings (SSSR count). The predicted octanol–water partition coefficient (Wildman–Crippen LogP) is 1.57. The van der Waals surface area contributed by atoms with Gasteiger partial charge in [0.1, 0.15) is 5.69 Å². The highest BCUT2D eigenvalue weighted by atomic mass is 32.1. The van der Waals surface area contributed by atoms with Crippen molar-refractivity contribution in [3.63, 3.8) is 0 Å². The minimum Gasteiger partial charge on any atom is -0.464 e. The van der Waals surface area contributed by atoms with Crippen LogP contribution in [0.3, 0.4) is 0 Å². The van der Waals surface area contributed by atoms with E-state index in [-0.39, 0.29) is 5.97 Å². The second-order valence-corrected chi connectivity index (χ2v) is 6.40. The maximum atomic E-state index is 11.5. The van der Waals surface area contributed by atoms with Crippen molar-refractivity contribution in [2.75, 3.05) is 7.11 Å². The van der Waals surface area contributed by atoms with E-state index in [0.29, 0.717) is 28.7 Å². The molecule has 23 heavy (non-hydrogen) atoms. The van der Waals surface area contributed by atoms with Gasteiger partial charge in [0.15, 0.2) is 5.11 Å². The molecule has 2 N–H and O–H groups in total. The Hall–Kier alpha value is -2.15. The molecule has 0 aliphatic heterocycles. The minimum atomic E-state index is -0.373.